The Morgan fingerprint density at radius 3 is 2.26 bits per heavy atom. The van der Waals surface area contributed by atoms with Gasteiger partial charge < -0.3 is 5.32 Å². The molecule has 1 saturated heterocycles. The lowest BCUT2D eigenvalue weighted by Crippen LogP contribution is -2.46. The van der Waals surface area contributed by atoms with Crippen LogP contribution in [-0.2, 0) is 14.4 Å². The molecule has 6 rings (SSSR count). The maximum atomic E-state index is 13.1. The zero-order chi connectivity index (χ0) is 19.0. The molecule has 2 saturated carbocycles. The molecule has 3 amide bonds. The molecule has 1 aliphatic heterocycles. The van der Waals surface area contributed by atoms with Gasteiger partial charge in [0.05, 0.1) is 11.8 Å². The van der Waals surface area contributed by atoms with E-state index in [-0.39, 0.29) is 41.4 Å². The van der Waals surface area contributed by atoms with Crippen molar-refractivity contribution in [3.63, 3.8) is 0 Å². The predicted molar refractivity (Wildman–Crippen MR) is 101 cm³/mol. The number of aryl methyl sites for hydroxylation is 2. The van der Waals surface area contributed by atoms with Gasteiger partial charge in [-0.15, -0.1) is 0 Å². The molecule has 7 atom stereocenters. The second kappa shape index (κ2) is 5.54. The number of carbonyl (C=O) groups excluding carboxylic acids is 3. The van der Waals surface area contributed by atoms with Crippen LogP contribution in [0.4, 0.5) is 5.69 Å². The van der Waals surface area contributed by atoms with Crippen molar-refractivity contribution in [2.75, 3.05) is 5.32 Å². The summed E-state index contributed by atoms with van der Waals surface area (Å²) in [5.74, 6) is 0.362. The molecular formula is C22H24N2O3. The van der Waals surface area contributed by atoms with Crippen LogP contribution in [0.2, 0.25) is 0 Å². The van der Waals surface area contributed by atoms with Crippen molar-refractivity contribution in [1.29, 1.82) is 0 Å². The van der Waals surface area contributed by atoms with Crippen LogP contribution in [0, 0.1) is 49.4 Å². The Morgan fingerprint density at radius 1 is 1.07 bits per heavy atom. The fourth-order valence-corrected chi connectivity index (χ4v) is 5.59. The molecule has 5 nitrogen and oxygen atoms in total. The lowest BCUT2D eigenvalue weighted by molar-refractivity contribution is -0.146. The number of amides is 3. The van der Waals surface area contributed by atoms with Gasteiger partial charge in [-0.05, 0) is 68.1 Å². The summed E-state index contributed by atoms with van der Waals surface area (Å²) in [4.78, 5) is 40.3. The van der Waals surface area contributed by atoms with E-state index in [1.165, 1.54) is 4.90 Å². The maximum Gasteiger partial charge on any atom is 0.247 e. The molecule has 0 unspecified atom stereocenters. The third kappa shape index (κ3) is 2.27. The molecule has 0 radical (unpaired) electrons. The van der Waals surface area contributed by atoms with Crippen molar-refractivity contribution >= 4 is 23.4 Å². The fraction of sp³-hybridized carbons (Fsp3) is 0.500. The number of anilines is 1. The minimum atomic E-state index is -0.800. The van der Waals surface area contributed by atoms with Crippen molar-refractivity contribution in [2.45, 2.75) is 33.2 Å². The number of likely N-dealkylation sites (tertiary alicyclic amines) is 1. The van der Waals surface area contributed by atoms with Crippen LogP contribution in [0.1, 0.15) is 24.5 Å². The van der Waals surface area contributed by atoms with Crippen LogP contribution in [0.25, 0.3) is 0 Å². The third-order valence-corrected chi connectivity index (χ3v) is 7.11. The number of rotatable bonds is 3. The Labute approximate surface area is 158 Å². The Hall–Kier alpha value is -2.43. The van der Waals surface area contributed by atoms with Gasteiger partial charge in [0.25, 0.3) is 0 Å². The standard InChI is InChI=1S/C22H24N2O3/c1-10-4-5-11(2)17(8-10)23-20(25)12(3)24-21(26)18-13-6-7-14(16-9-15(13)16)19(18)22(24)27/h4-8,12-16,18-19H,9H2,1-3H3,(H,23,25)/t12-,13+,14+,15+,16+,18-,19+/m0/s1. The second-order valence-corrected chi connectivity index (χ2v) is 8.68. The zero-order valence-electron chi connectivity index (χ0n) is 15.8. The van der Waals surface area contributed by atoms with Crippen molar-refractivity contribution in [3.8, 4) is 0 Å². The number of benzene rings is 1. The van der Waals surface area contributed by atoms with Gasteiger partial charge in [0.2, 0.25) is 17.7 Å². The molecule has 1 aromatic rings. The number of allylic oxidation sites excluding steroid dienone is 2. The SMILES string of the molecule is Cc1ccc(C)c(NC(=O)[C@H](C)N2C(=O)[C@@H]3[C@@H]4C=C[C@H]([C@H]5C[C@H]45)[C@@H]3C2=O)c1. The lowest BCUT2D eigenvalue weighted by Gasteiger charge is -2.37. The predicted octanol–water partition coefficient (Wildman–Crippen LogP) is 2.68. The molecule has 5 heteroatoms. The van der Waals surface area contributed by atoms with Crippen LogP contribution in [0.3, 0.4) is 0 Å². The third-order valence-electron chi connectivity index (χ3n) is 7.11. The summed E-state index contributed by atoms with van der Waals surface area (Å²) in [7, 11) is 0. The Balaban J connectivity index is 1.39. The van der Waals surface area contributed by atoms with Crippen LogP contribution in [0.15, 0.2) is 30.4 Å². The van der Waals surface area contributed by atoms with Crippen LogP contribution < -0.4 is 5.32 Å². The topological polar surface area (TPSA) is 66.5 Å². The number of nitrogens with zero attached hydrogens (tertiary/aromatic N) is 1. The lowest BCUT2D eigenvalue weighted by atomic mass is 9.63. The smallest absolute Gasteiger partial charge is 0.247 e. The van der Waals surface area contributed by atoms with Crippen molar-refractivity contribution in [3.05, 3.63) is 41.5 Å². The number of carbonyl (C=O) groups is 3. The first-order chi connectivity index (χ1) is 12.9. The number of hydrogen-bond donors (Lipinski definition) is 1. The van der Waals surface area contributed by atoms with E-state index in [9.17, 15) is 14.4 Å². The van der Waals surface area contributed by atoms with Gasteiger partial charge in [-0.25, -0.2) is 0 Å². The summed E-state index contributed by atoms with van der Waals surface area (Å²) in [6, 6.07) is 5.05. The first kappa shape index (κ1) is 16.7. The Kier molecular flexibility index (Phi) is 3.43. The normalized spacial score (nSPS) is 36.5. The first-order valence-corrected chi connectivity index (χ1v) is 9.82. The van der Waals surface area contributed by atoms with E-state index in [1.807, 2.05) is 32.0 Å². The number of imide groups is 1. The van der Waals surface area contributed by atoms with Crippen LogP contribution in [-0.4, -0.2) is 28.7 Å². The van der Waals surface area contributed by atoms with E-state index < -0.39 is 6.04 Å². The first-order valence-electron chi connectivity index (χ1n) is 9.82. The summed E-state index contributed by atoms with van der Waals surface area (Å²) in [6.07, 6.45) is 5.43. The summed E-state index contributed by atoms with van der Waals surface area (Å²) < 4.78 is 0. The minimum absolute atomic E-state index is 0.154. The van der Waals surface area contributed by atoms with E-state index in [2.05, 4.69) is 17.5 Å². The van der Waals surface area contributed by atoms with Crippen molar-refractivity contribution < 1.29 is 14.4 Å². The molecule has 0 aromatic heterocycles. The average Bonchev–Trinajstić information content (AvgIpc) is 3.42. The fourth-order valence-electron chi connectivity index (χ4n) is 5.59. The van der Waals surface area contributed by atoms with Gasteiger partial charge in [0.1, 0.15) is 6.04 Å². The van der Waals surface area contributed by atoms with Crippen LogP contribution in [0.5, 0.6) is 0 Å². The molecule has 1 heterocycles. The molecule has 3 fully saturated rings. The molecule has 1 aromatic carbocycles. The molecule has 4 aliphatic carbocycles. The average molecular weight is 364 g/mol. The van der Waals surface area contributed by atoms with Crippen molar-refractivity contribution in [1.82, 2.24) is 4.90 Å². The Bertz CT molecular complexity index is 869. The van der Waals surface area contributed by atoms with E-state index in [1.54, 1.807) is 6.92 Å². The molecule has 140 valence electrons. The van der Waals surface area contributed by atoms with E-state index in [0.717, 1.165) is 23.2 Å². The summed E-state index contributed by atoms with van der Waals surface area (Å²) in [5.41, 5.74) is 2.73. The highest BCUT2D eigenvalue weighted by atomic mass is 16.2. The molecule has 2 bridgehead atoms. The van der Waals surface area contributed by atoms with Crippen LogP contribution >= 0.6 is 0 Å². The maximum absolute atomic E-state index is 13.1. The number of hydrogen-bond acceptors (Lipinski definition) is 3. The molecular weight excluding hydrogens is 340 g/mol. The quantitative estimate of drug-likeness (QED) is 0.662. The summed E-state index contributed by atoms with van der Waals surface area (Å²) in [6.45, 7) is 5.55. The van der Waals surface area contributed by atoms with Gasteiger partial charge in [-0.2, -0.15) is 0 Å². The molecule has 27 heavy (non-hydrogen) atoms. The van der Waals surface area contributed by atoms with Gasteiger partial charge in [-0.3, -0.25) is 19.3 Å². The highest BCUT2D eigenvalue weighted by Gasteiger charge is 2.67. The monoisotopic (exact) mass is 364 g/mol. The highest BCUT2D eigenvalue weighted by molar-refractivity contribution is 6.10. The van der Waals surface area contributed by atoms with Crippen molar-refractivity contribution in [2.24, 2.45) is 35.5 Å². The van der Waals surface area contributed by atoms with Gasteiger partial charge in [-0.1, -0.05) is 24.3 Å². The second-order valence-electron chi connectivity index (χ2n) is 8.68. The Morgan fingerprint density at radius 2 is 1.67 bits per heavy atom. The summed E-state index contributed by atoms with van der Waals surface area (Å²) >= 11 is 0. The largest absolute Gasteiger partial charge is 0.324 e. The zero-order valence-corrected chi connectivity index (χ0v) is 15.8. The van der Waals surface area contributed by atoms with Gasteiger partial charge >= 0.3 is 0 Å². The highest BCUT2D eigenvalue weighted by Crippen LogP contribution is 2.65. The van der Waals surface area contributed by atoms with Gasteiger partial charge in [0, 0.05) is 5.69 Å². The molecule has 0 spiro atoms. The van der Waals surface area contributed by atoms with E-state index >= 15 is 0 Å². The summed E-state index contributed by atoms with van der Waals surface area (Å²) in [5, 5.41) is 2.91. The molecule has 1 N–H and O–H groups in total. The minimum Gasteiger partial charge on any atom is -0.324 e. The number of nitrogens with one attached hydrogen (secondary N) is 1. The van der Waals surface area contributed by atoms with Gasteiger partial charge in [0.15, 0.2) is 0 Å². The molecule has 5 aliphatic rings. The van der Waals surface area contributed by atoms with E-state index in [4.69, 9.17) is 0 Å². The van der Waals surface area contributed by atoms with E-state index in [0.29, 0.717) is 11.8 Å².